The first kappa shape index (κ1) is 15.1. The van der Waals surface area contributed by atoms with Crippen LogP contribution in [0.2, 0.25) is 0 Å². The standard InChI is InChI=1S/C18H18N2O3/c1-20-14(7-12-5-3-4-6-16(12)20)10-19-15-9-17(22)18(23-2)8-13(15)11-21/h3-6,8-11,14,22H,7H2,1-2H3/b19-10-. The Balaban J connectivity index is 1.87. The number of aromatic hydroxyl groups is 1. The molecule has 0 saturated heterocycles. The zero-order chi connectivity index (χ0) is 16.4. The lowest BCUT2D eigenvalue weighted by Crippen LogP contribution is -2.28. The van der Waals surface area contributed by atoms with E-state index in [1.54, 1.807) is 0 Å². The highest BCUT2D eigenvalue weighted by molar-refractivity contribution is 5.87. The number of likely N-dealkylation sites (N-methyl/N-ethyl adjacent to an activating group) is 1. The fourth-order valence-corrected chi connectivity index (χ4v) is 2.83. The van der Waals surface area contributed by atoms with Gasteiger partial charge in [-0.3, -0.25) is 9.79 Å². The zero-order valence-electron chi connectivity index (χ0n) is 13.1. The number of nitrogens with zero attached hydrogens (tertiary/aromatic N) is 2. The van der Waals surface area contributed by atoms with Crippen LogP contribution in [0.25, 0.3) is 0 Å². The topological polar surface area (TPSA) is 62.1 Å². The van der Waals surface area contributed by atoms with Gasteiger partial charge < -0.3 is 14.7 Å². The summed E-state index contributed by atoms with van der Waals surface area (Å²) in [6, 6.07) is 11.3. The number of aliphatic imine (C=N–C) groups is 1. The van der Waals surface area contributed by atoms with Crippen LogP contribution in [0.3, 0.4) is 0 Å². The highest BCUT2D eigenvalue weighted by Gasteiger charge is 2.24. The molecular weight excluding hydrogens is 292 g/mol. The van der Waals surface area contributed by atoms with Crippen LogP contribution in [0.1, 0.15) is 15.9 Å². The minimum atomic E-state index is -0.0340. The first-order valence-electron chi connectivity index (χ1n) is 7.35. The van der Waals surface area contributed by atoms with E-state index in [9.17, 15) is 9.90 Å². The number of rotatable bonds is 4. The van der Waals surface area contributed by atoms with Crippen LogP contribution in [-0.4, -0.2) is 37.8 Å². The maximum Gasteiger partial charge on any atom is 0.161 e. The number of carbonyl (C=O) groups excluding carboxylic acids is 1. The summed E-state index contributed by atoms with van der Waals surface area (Å²) < 4.78 is 5.01. The van der Waals surface area contributed by atoms with Gasteiger partial charge in [-0.15, -0.1) is 0 Å². The molecule has 23 heavy (non-hydrogen) atoms. The number of phenols is 1. The Morgan fingerprint density at radius 2 is 2.13 bits per heavy atom. The predicted octanol–water partition coefficient (Wildman–Crippen LogP) is 2.98. The van der Waals surface area contributed by atoms with E-state index in [1.807, 2.05) is 25.4 Å². The van der Waals surface area contributed by atoms with Crippen molar-refractivity contribution in [1.82, 2.24) is 0 Å². The molecule has 1 heterocycles. The summed E-state index contributed by atoms with van der Waals surface area (Å²) >= 11 is 0. The van der Waals surface area contributed by atoms with Crippen molar-refractivity contribution in [1.29, 1.82) is 0 Å². The van der Waals surface area contributed by atoms with Gasteiger partial charge in [0.15, 0.2) is 17.8 Å². The molecule has 0 radical (unpaired) electrons. The molecule has 3 rings (SSSR count). The van der Waals surface area contributed by atoms with E-state index in [4.69, 9.17) is 4.74 Å². The Morgan fingerprint density at radius 1 is 1.35 bits per heavy atom. The van der Waals surface area contributed by atoms with Gasteiger partial charge >= 0.3 is 0 Å². The molecule has 118 valence electrons. The van der Waals surface area contributed by atoms with Gasteiger partial charge in [0.25, 0.3) is 0 Å². The van der Waals surface area contributed by atoms with Crippen molar-refractivity contribution in [2.24, 2.45) is 4.99 Å². The van der Waals surface area contributed by atoms with E-state index in [0.29, 0.717) is 17.5 Å². The number of phenolic OH excluding ortho intramolecular Hbond substituents is 1. The molecule has 0 aromatic heterocycles. The summed E-state index contributed by atoms with van der Waals surface area (Å²) in [5.41, 5.74) is 3.29. The molecule has 0 spiro atoms. The third-order valence-corrected chi connectivity index (χ3v) is 4.14. The number of benzene rings is 2. The van der Waals surface area contributed by atoms with Gasteiger partial charge in [-0.05, 0) is 24.1 Å². The lowest BCUT2D eigenvalue weighted by atomic mass is 10.1. The van der Waals surface area contributed by atoms with E-state index in [2.05, 4.69) is 22.0 Å². The summed E-state index contributed by atoms with van der Waals surface area (Å²) in [6.07, 6.45) is 3.39. The highest BCUT2D eigenvalue weighted by Crippen LogP contribution is 2.34. The number of hydrogen-bond acceptors (Lipinski definition) is 5. The Hall–Kier alpha value is -2.82. The fourth-order valence-electron chi connectivity index (χ4n) is 2.83. The summed E-state index contributed by atoms with van der Waals surface area (Å²) in [4.78, 5) is 17.8. The maximum absolute atomic E-state index is 11.2. The lowest BCUT2D eigenvalue weighted by Gasteiger charge is -2.18. The van der Waals surface area contributed by atoms with Gasteiger partial charge in [0.1, 0.15) is 0 Å². The first-order chi connectivity index (χ1) is 11.1. The van der Waals surface area contributed by atoms with Gasteiger partial charge in [-0.2, -0.15) is 0 Å². The van der Waals surface area contributed by atoms with Crippen molar-refractivity contribution in [2.45, 2.75) is 12.5 Å². The number of ether oxygens (including phenoxy) is 1. The largest absolute Gasteiger partial charge is 0.504 e. The molecule has 1 aliphatic rings. The van der Waals surface area contributed by atoms with Crippen molar-refractivity contribution in [3.05, 3.63) is 47.5 Å². The second kappa shape index (κ2) is 6.12. The second-order valence-electron chi connectivity index (χ2n) is 5.49. The molecule has 1 N–H and O–H groups in total. The molecule has 0 amide bonds. The maximum atomic E-state index is 11.2. The van der Waals surface area contributed by atoms with Gasteiger partial charge in [0, 0.05) is 30.6 Å². The minimum absolute atomic E-state index is 0.0340. The summed E-state index contributed by atoms with van der Waals surface area (Å²) in [7, 11) is 3.46. The number of hydrogen-bond donors (Lipinski definition) is 1. The Labute approximate surface area is 134 Å². The average molecular weight is 310 g/mol. The van der Waals surface area contributed by atoms with Crippen LogP contribution in [0, 0.1) is 0 Å². The van der Waals surface area contributed by atoms with Crippen molar-refractivity contribution in [2.75, 3.05) is 19.1 Å². The number of methoxy groups -OCH3 is 1. The molecule has 0 aliphatic carbocycles. The summed E-state index contributed by atoms with van der Waals surface area (Å²) in [5, 5.41) is 9.87. The van der Waals surface area contributed by atoms with Gasteiger partial charge in [-0.25, -0.2) is 0 Å². The zero-order valence-corrected chi connectivity index (χ0v) is 13.1. The van der Waals surface area contributed by atoms with Gasteiger partial charge in [0.2, 0.25) is 0 Å². The monoisotopic (exact) mass is 310 g/mol. The second-order valence-corrected chi connectivity index (χ2v) is 5.49. The SMILES string of the molecule is COc1cc(C=O)c(/N=C\C2Cc3ccccc3N2C)cc1O. The molecule has 5 nitrogen and oxygen atoms in total. The van der Waals surface area contributed by atoms with E-state index in [1.165, 1.54) is 30.5 Å². The van der Waals surface area contributed by atoms with Crippen LogP contribution < -0.4 is 9.64 Å². The van der Waals surface area contributed by atoms with Crippen LogP contribution in [0.15, 0.2) is 41.4 Å². The molecule has 1 unspecified atom stereocenters. The van der Waals surface area contributed by atoms with Crippen LogP contribution >= 0.6 is 0 Å². The minimum Gasteiger partial charge on any atom is -0.504 e. The van der Waals surface area contributed by atoms with E-state index < -0.39 is 0 Å². The molecule has 1 atom stereocenters. The Bertz CT molecular complexity index is 771. The molecule has 1 aliphatic heterocycles. The van der Waals surface area contributed by atoms with Gasteiger partial charge in [-0.1, -0.05) is 18.2 Å². The number of aldehydes is 1. The number of para-hydroxylation sites is 1. The highest BCUT2D eigenvalue weighted by atomic mass is 16.5. The summed E-state index contributed by atoms with van der Waals surface area (Å²) in [6.45, 7) is 0. The lowest BCUT2D eigenvalue weighted by molar-refractivity contribution is 0.112. The van der Waals surface area contributed by atoms with Gasteiger partial charge in [0.05, 0.1) is 18.8 Å². The normalized spacial score (nSPS) is 16.6. The summed E-state index contributed by atoms with van der Waals surface area (Å²) in [5.74, 6) is 0.227. The third-order valence-electron chi connectivity index (χ3n) is 4.14. The van der Waals surface area contributed by atoms with Crippen molar-refractivity contribution in [3.63, 3.8) is 0 Å². The van der Waals surface area contributed by atoms with Crippen molar-refractivity contribution in [3.8, 4) is 11.5 Å². The molecular formula is C18H18N2O3. The molecule has 2 aromatic carbocycles. The van der Waals surface area contributed by atoms with Crippen molar-refractivity contribution >= 4 is 23.9 Å². The fraction of sp³-hybridized carbons (Fsp3) is 0.222. The third kappa shape index (κ3) is 2.77. The van der Waals surface area contributed by atoms with E-state index in [-0.39, 0.29) is 17.5 Å². The molecule has 0 fully saturated rings. The molecule has 2 aromatic rings. The Morgan fingerprint density at radius 3 is 2.83 bits per heavy atom. The van der Waals surface area contributed by atoms with E-state index >= 15 is 0 Å². The number of carbonyl (C=O) groups is 1. The Kier molecular flexibility index (Phi) is 4.02. The van der Waals surface area contributed by atoms with Crippen LogP contribution in [0.5, 0.6) is 11.5 Å². The van der Waals surface area contributed by atoms with Crippen LogP contribution in [0.4, 0.5) is 11.4 Å². The molecule has 0 saturated carbocycles. The number of fused-ring (bicyclic) bond motifs is 1. The number of anilines is 1. The van der Waals surface area contributed by atoms with Crippen LogP contribution in [-0.2, 0) is 6.42 Å². The first-order valence-corrected chi connectivity index (χ1v) is 7.35. The quantitative estimate of drug-likeness (QED) is 0.696. The van der Waals surface area contributed by atoms with E-state index in [0.717, 1.165) is 6.42 Å². The van der Waals surface area contributed by atoms with Crippen molar-refractivity contribution < 1.29 is 14.6 Å². The molecule has 0 bridgehead atoms. The smallest absolute Gasteiger partial charge is 0.161 e. The predicted molar refractivity (Wildman–Crippen MR) is 90.5 cm³/mol. The molecule has 5 heteroatoms. The average Bonchev–Trinajstić information content (AvgIpc) is 2.89.